The lowest BCUT2D eigenvalue weighted by atomic mass is 9.90. The van der Waals surface area contributed by atoms with Crippen LogP contribution in [0, 0.1) is 0 Å². The van der Waals surface area contributed by atoms with Crippen LogP contribution >= 0.6 is 0 Å². The summed E-state index contributed by atoms with van der Waals surface area (Å²) in [6.45, 7) is -0.637. The van der Waals surface area contributed by atoms with Crippen molar-refractivity contribution < 1.29 is 30.3 Å². The first-order valence-electron chi connectivity index (χ1n) is 9.02. The van der Waals surface area contributed by atoms with Gasteiger partial charge in [-0.3, -0.25) is 0 Å². The molecule has 0 amide bonds. The van der Waals surface area contributed by atoms with Gasteiger partial charge in [0.05, 0.1) is 17.6 Å². The summed E-state index contributed by atoms with van der Waals surface area (Å²) in [5.74, 6) is 0.488. The molecule has 4 rings (SSSR count). The number of imidazole rings is 1. The van der Waals surface area contributed by atoms with Crippen LogP contribution < -0.4 is 0 Å². The number of ether oxygens (including phenoxy) is 1. The van der Waals surface area contributed by atoms with E-state index in [2.05, 4.69) is 9.97 Å². The SMILES string of the molecule is OCc1nc2ccc(-c3cccc([C@H]4O[C@H](CO)[C@@H](O)[C@H](O)[C@@H]4O)c3)cc2[nH]1. The first kappa shape index (κ1) is 19.0. The van der Waals surface area contributed by atoms with Crippen LogP contribution in [0.5, 0.6) is 0 Å². The Morgan fingerprint density at radius 1 is 0.929 bits per heavy atom. The van der Waals surface area contributed by atoms with Crippen LogP contribution in [0.3, 0.4) is 0 Å². The summed E-state index contributed by atoms with van der Waals surface area (Å²) >= 11 is 0. The lowest BCUT2D eigenvalue weighted by Crippen LogP contribution is -2.55. The van der Waals surface area contributed by atoms with Crippen molar-refractivity contribution in [3.63, 3.8) is 0 Å². The van der Waals surface area contributed by atoms with E-state index < -0.39 is 37.1 Å². The minimum Gasteiger partial charge on any atom is -0.394 e. The zero-order valence-corrected chi connectivity index (χ0v) is 14.9. The number of aromatic amines is 1. The smallest absolute Gasteiger partial charge is 0.133 e. The van der Waals surface area contributed by atoms with E-state index in [1.807, 2.05) is 36.4 Å². The molecule has 28 heavy (non-hydrogen) atoms. The van der Waals surface area contributed by atoms with E-state index in [0.717, 1.165) is 22.2 Å². The van der Waals surface area contributed by atoms with Crippen molar-refractivity contribution >= 4 is 11.0 Å². The van der Waals surface area contributed by atoms with Crippen LogP contribution in [0.4, 0.5) is 0 Å². The van der Waals surface area contributed by atoms with E-state index in [1.165, 1.54) is 0 Å². The summed E-state index contributed by atoms with van der Waals surface area (Å²) in [4.78, 5) is 7.32. The molecule has 1 fully saturated rings. The minimum atomic E-state index is -1.42. The van der Waals surface area contributed by atoms with E-state index in [1.54, 1.807) is 6.07 Å². The van der Waals surface area contributed by atoms with Gasteiger partial charge in [0.15, 0.2) is 0 Å². The third-order valence-corrected chi connectivity index (χ3v) is 5.12. The first-order chi connectivity index (χ1) is 13.5. The number of fused-ring (bicyclic) bond motifs is 1. The van der Waals surface area contributed by atoms with E-state index in [0.29, 0.717) is 11.4 Å². The highest BCUT2D eigenvalue weighted by Gasteiger charge is 2.43. The summed E-state index contributed by atoms with van der Waals surface area (Å²) < 4.78 is 5.64. The maximum absolute atomic E-state index is 10.4. The quantitative estimate of drug-likeness (QED) is 0.377. The fraction of sp³-hybridized carbons (Fsp3) is 0.350. The van der Waals surface area contributed by atoms with Gasteiger partial charge < -0.3 is 35.3 Å². The summed E-state index contributed by atoms with van der Waals surface area (Å²) in [7, 11) is 0. The molecule has 0 aliphatic carbocycles. The molecule has 0 saturated carbocycles. The Morgan fingerprint density at radius 2 is 1.71 bits per heavy atom. The number of H-pyrrole nitrogens is 1. The van der Waals surface area contributed by atoms with Crippen molar-refractivity contribution in [2.24, 2.45) is 0 Å². The number of aromatic nitrogens is 2. The predicted molar refractivity (Wildman–Crippen MR) is 100 cm³/mol. The van der Waals surface area contributed by atoms with Crippen LogP contribution in [0.25, 0.3) is 22.2 Å². The zero-order chi connectivity index (χ0) is 19.8. The Morgan fingerprint density at radius 3 is 2.46 bits per heavy atom. The van der Waals surface area contributed by atoms with Crippen molar-refractivity contribution in [3.8, 4) is 11.1 Å². The third kappa shape index (κ3) is 3.30. The van der Waals surface area contributed by atoms with E-state index >= 15 is 0 Å². The van der Waals surface area contributed by atoms with Crippen molar-refractivity contribution in [1.29, 1.82) is 0 Å². The monoisotopic (exact) mass is 386 g/mol. The number of hydrogen-bond acceptors (Lipinski definition) is 7. The number of aliphatic hydroxyl groups excluding tert-OH is 5. The number of rotatable bonds is 4. The third-order valence-electron chi connectivity index (χ3n) is 5.12. The summed E-state index contributed by atoms with van der Waals surface area (Å²) in [6, 6.07) is 13.0. The lowest BCUT2D eigenvalue weighted by Gasteiger charge is -2.40. The molecule has 5 atom stereocenters. The molecule has 6 N–H and O–H groups in total. The fourth-order valence-corrected chi connectivity index (χ4v) is 3.59. The van der Waals surface area contributed by atoms with Gasteiger partial charge in [-0.1, -0.05) is 24.3 Å². The second-order valence-corrected chi connectivity index (χ2v) is 6.95. The molecule has 2 heterocycles. The minimum absolute atomic E-state index is 0.170. The topological polar surface area (TPSA) is 139 Å². The van der Waals surface area contributed by atoms with Gasteiger partial charge in [-0.15, -0.1) is 0 Å². The van der Waals surface area contributed by atoms with Gasteiger partial charge in [-0.25, -0.2) is 4.98 Å². The van der Waals surface area contributed by atoms with Crippen LogP contribution in [-0.4, -0.2) is 66.5 Å². The van der Waals surface area contributed by atoms with Crippen LogP contribution in [0.1, 0.15) is 17.5 Å². The van der Waals surface area contributed by atoms with Gasteiger partial charge in [0, 0.05) is 0 Å². The van der Waals surface area contributed by atoms with Crippen molar-refractivity contribution in [1.82, 2.24) is 9.97 Å². The fourth-order valence-electron chi connectivity index (χ4n) is 3.59. The van der Waals surface area contributed by atoms with Crippen LogP contribution in [-0.2, 0) is 11.3 Å². The summed E-state index contributed by atoms with van der Waals surface area (Å²) in [5.41, 5.74) is 3.91. The highest BCUT2D eigenvalue weighted by Crippen LogP contribution is 2.34. The molecular formula is C20H22N2O6. The number of aliphatic hydroxyl groups is 5. The van der Waals surface area contributed by atoms with Gasteiger partial charge in [-0.2, -0.15) is 0 Å². The van der Waals surface area contributed by atoms with Crippen molar-refractivity contribution in [3.05, 3.63) is 53.9 Å². The molecule has 148 valence electrons. The van der Waals surface area contributed by atoms with E-state index in [4.69, 9.17) is 4.74 Å². The molecule has 1 aliphatic heterocycles. The zero-order valence-electron chi connectivity index (χ0n) is 14.9. The number of nitrogens with zero attached hydrogens (tertiary/aromatic N) is 1. The molecule has 1 aromatic heterocycles. The van der Waals surface area contributed by atoms with Gasteiger partial charge >= 0.3 is 0 Å². The molecule has 1 saturated heterocycles. The first-order valence-corrected chi connectivity index (χ1v) is 9.02. The summed E-state index contributed by atoms with van der Waals surface area (Å²) in [6.07, 6.45) is -5.96. The Balaban J connectivity index is 1.67. The van der Waals surface area contributed by atoms with Crippen molar-refractivity contribution in [2.45, 2.75) is 37.1 Å². The van der Waals surface area contributed by atoms with Gasteiger partial charge in [0.1, 0.15) is 43.0 Å². The summed E-state index contributed by atoms with van der Waals surface area (Å²) in [5, 5.41) is 49.0. The molecule has 0 unspecified atom stereocenters. The van der Waals surface area contributed by atoms with E-state index in [-0.39, 0.29) is 6.61 Å². The molecule has 8 nitrogen and oxygen atoms in total. The Kier molecular flexibility index (Phi) is 5.15. The maximum atomic E-state index is 10.4. The van der Waals surface area contributed by atoms with Crippen LogP contribution in [0.15, 0.2) is 42.5 Å². The largest absolute Gasteiger partial charge is 0.394 e. The average Bonchev–Trinajstić information content (AvgIpc) is 3.15. The Labute approximate surface area is 160 Å². The van der Waals surface area contributed by atoms with Crippen LogP contribution in [0.2, 0.25) is 0 Å². The molecule has 0 bridgehead atoms. The maximum Gasteiger partial charge on any atom is 0.133 e. The Hall–Kier alpha value is -2.33. The molecular weight excluding hydrogens is 364 g/mol. The Bertz CT molecular complexity index is 972. The normalized spacial score (nSPS) is 28.0. The highest BCUT2D eigenvalue weighted by atomic mass is 16.5. The standard InChI is InChI=1S/C20H22N2O6/c23-8-15-17(25)18(26)19(27)20(28-15)12-3-1-2-10(6-12)11-4-5-13-14(7-11)22-16(9-24)21-13/h1-7,15,17-20,23-27H,8-9H2,(H,21,22)/t15-,17-,18+,19+,20-/m1/s1. The molecule has 1 aliphatic rings. The number of nitrogens with one attached hydrogen (secondary N) is 1. The second-order valence-electron chi connectivity index (χ2n) is 6.95. The molecule has 0 radical (unpaired) electrons. The molecule has 3 aromatic rings. The predicted octanol–water partition coefficient (Wildman–Crippen LogP) is 0.237. The van der Waals surface area contributed by atoms with Gasteiger partial charge in [0.2, 0.25) is 0 Å². The average molecular weight is 386 g/mol. The molecule has 8 heteroatoms. The lowest BCUT2D eigenvalue weighted by molar-refractivity contribution is -0.231. The van der Waals surface area contributed by atoms with Gasteiger partial charge in [0.25, 0.3) is 0 Å². The van der Waals surface area contributed by atoms with E-state index in [9.17, 15) is 25.5 Å². The van der Waals surface area contributed by atoms with Crippen molar-refractivity contribution in [2.75, 3.05) is 6.61 Å². The molecule has 0 spiro atoms. The number of hydrogen-bond donors (Lipinski definition) is 6. The second kappa shape index (κ2) is 7.59. The molecule has 2 aromatic carbocycles. The highest BCUT2D eigenvalue weighted by molar-refractivity contribution is 5.82. The number of benzene rings is 2. The van der Waals surface area contributed by atoms with Gasteiger partial charge in [-0.05, 0) is 34.9 Å².